The van der Waals surface area contributed by atoms with Crippen molar-refractivity contribution in [3.05, 3.63) is 22.6 Å². The second-order valence-corrected chi connectivity index (χ2v) is 5.04. The molecule has 0 radical (unpaired) electrons. The summed E-state index contributed by atoms with van der Waals surface area (Å²) in [6.45, 7) is 2.03. The van der Waals surface area contributed by atoms with Gasteiger partial charge in [-0.3, -0.25) is 15.0 Å². The number of carbonyl (C=O) groups excluding carboxylic acids is 1. The predicted molar refractivity (Wildman–Crippen MR) is 77.7 cm³/mol. The fourth-order valence-corrected chi connectivity index (χ4v) is 2.38. The molecule has 0 aromatic carbocycles. The summed E-state index contributed by atoms with van der Waals surface area (Å²) in [5.74, 6) is 4.75. The van der Waals surface area contributed by atoms with Crippen LogP contribution in [0.4, 0.5) is 5.69 Å². The molecule has 8 heteroatoms. The lowest BCUT2D eigenvalue weighted by molar-refractivity contribution is -0.121. The molecule has 2 rings (SSSR count). The van der Waals surface area contributed by atoms with E-state index in [0.717, 1.165) is 25.2 Å². The monoisotopic (exact) mass is 295 g/mol. The van der Waals surface area contributed by atoms with Gasteiger partial charge in [-0.05, 0) is 12.8 Å². The Hall–Kier alpha value is -1.93. The molecule has 0 saturated carbocycles. The SMILES string of the molecule is COC1CCN(c2cnn(CCCC(=O)NN)c(=O)c2)C1. The maximum Gasteiger partial charge on any atom is 0.268 e. The van der Waals surface area contributed by atoms with Crippen molar-refractivity contribution in [1.82, 2.24) is 15.2 Å². The normalized spacial score (nSPS) is 18.0. The third kappa shape index (κ3) is 4.02. The minimum atomic E-state index is -0.248. The molecule has 2 heterocycles. The molecule has 0 spiro atoms. The zero-order valence-electron chi connectivity index (χ0n) is 12.1. The van der Waals surface area contributed by atoms with Gasteiger partial charge in [0.15, 0.2) is 0 Å². The molecule has 116 valence electrons. The molecule has 1 aliphatic heterocycles. The number of carbonyl (C=O) groups is 1. The van der Waals surface area contributed by atoms with Gasteiger partial charge in [0, 0.05) is 39.2 Å². The third-order valence-electron chi connectivity index (χ3n) is 3.63. The minimum absolute atomic E-state index is 0.165. The van der Waals surface area contributed by atoms with Crippen molar-refractivity contribution in [2.75, 3.05) is 25.1 Å². The molecule has 0 bridgehead atoms. The van der Waals surface area contributed by atoms with Gasteiger partial charge >= 0.3 is 0 Å². The van der Waals surface area contributed by atoms with Crippen LogP contribution in [0.1, 0.15) is 19.3 Å². The number of rotatable bonds is 6. The topological polar surface area (TPSA) is 102 Å². The molecular weight excluding hydrogens is 274 g/mol. The largest absolute Gasteiger partial charge is 0.380 e. The van der Waals surface area contributed by atoms with E-state index in [1.54, 1.807) is 19.4 Å². The number of ether oxygens (including phenoxy) is 1. The van der Waals surface area contributed by atoms with E-state index in [1.807, 2.05) is 0 Å². The Bertz CT molecular complexity index is 545. The average Bonchev–Trinajstić information content (AvgIpc) is 2.97. The number of hydrogen-bond acceptors (Lipinski definition) is 6. The van der Waals surface area contributed by atoms with Crippen LogP contribution in [0.3, 0.4) is 0 Å². The van der Waals surface area contributed by atoms with Crippen LogP contribution in [-0.4, -0.2) is 42.0 Å². The van der Waals surface area contributed by atoms with Crippen molar-refractivity contribution in [3.63, 3.8) is 0 Å². The first-order valence-electron chi connectivity index (χ1n) is 6.98. The van der Waals surface area contributed by atoms with Crippen LogP contribution in [0.25, 0.3) is 0 Å². The maximum atomic E-state index is 12.0. The van der Waals surface area contributed by atoms with E-state index >= 15 is 0 Å². The molecule has 8 nitrogen and oxygen atoms in total. The molecule has 1 aliphatic rings. The van der Waals surface area contributed by atoms with E-state index in [9.17, 15) is 9.59 Å². The number of nitrogens with two attached hydrogens (primary N) is 1. The van der Waals surface area contributed by atoms with E-state index in [2.05, 4.69) is 15.4 Å². The highest BCUT2D eigenvalue weighted by molar-refractivity contribution is 5.75. The standard InChI is InChI=1S/C13H21N5O3/c1-21-11-4-6-17(9-11)10-7-13(20)18(15-8-10)5-2-3-12(19)16-14/h7-8,11H,2-6,9,14H2,1H3,(H,16,19). The lowest BCUT2D eigenvalue weighted by Gasteiger charge is -2.18. The smallest absolute Gasteiger partial charge is 0.268 e. The van der Waals surface area contributed by atoms with Crippen LogP contribution in [0.5, 0.6) is 0 Å². The number of nitrogens with one attached hydrogen (secondary N) is 1. The number of nitrogens with zero attached hydrogens (tertiary/aromatic N) is 3. The quantitative estimate of drug-likeness (QED) is 0.406. The van der Waals surface area contributed by atoms with Crippen molar-refractivity contribution in [1.29, 1.82) is 0 Å². The number of amides is 1. The Balaban J connectivity index is 1.95. The van der Waals surface area contributed by atoms with Crippen molar-refractivity contribution in [2.24, 2.45) is 5.84 Å². The first-order chi connectivity index (χ1) is 10.1. The van der Waals surface area contributed by atoms with E-state index in [4.69, 9.17) is 10.6 Å². The fourth-order valence-electron chi connectivity index (χ4n) is 2.38. The van der Waals surface area contributed by atoms with Gasteiger partial charge in [0.1, 0.15) is 0 Å². The molecule has 3 N–H and O–H groups in total. The summed E-state index contributed by atoms with van der Waals surface area (Å²) in [6, 6.07) is 1.58. The Morgan fingerprint density at radius 3 is 3.05 bits per heavy atom. The highest BCUT2D eigenvalue weighted by Crippen LogP contribution is 2.19. The zero-order valence-corrected chi connectivity index (χ0v) is 12.1. The summed E-state index contributed by atoms with van der Waals surface area (Å²) >= 11 is 0. The number of hydrazine groups is 1. The molecule has 1 fully saturated rings. The molecule has 21 heavy (non-hydrogen) atoms. The Kier molecular flexibility index (Phi) is 5.29. The third-order valence-corrected chi connectivity index (χ3v) is 3.63. The maximum absolute atomic E-state index is 12.0. The summed E-state index contributed by atoms with van der Waals surface area (Å²) in [7, 11) is 1.70. The number of hydrogen-bond donors (Lipinski definition) is 2. The second kappa shape index (κ2) is 7.19. The zero-order chi connectivity index (χ0) is 15.2. The molecule has 1 aromatic rings. The summed E-state index contributed by atoms with van der Waals surface area (Å²) < 4.78 is 6.67. The van der Waals surface area contributed by atoms with Gasteiger partial charge in [-0.15, -0.1) is 0 Å². The van der Waals surface area contributed by atoms with E-state index in [0.29, 0.717) is 13.0 Å². The number of aromatic nitrogens is 2. The molecule has 1 saturated heterocycles. The second-order valence-electron chi connectivity index (χ2n) is 5.04. The van der Waals surface area contributed by atoms with Crippen LogP contribution in [0.2, 0.25) is 0 Å². The predicted octanol–water partition coefficient (Wildman–Crippen LogP) is -0.761. The number of aryl methyl sites for hydroxylation is 1. The summed E-state index contributed by atoms with van der Waals surface area (Å²) in [4.78, 5) is 25.1. The number of anilines is 1. The van der Waals surface area contributed by atoms with Crippen LogP contribution in [-0.2, 0) is 16.1 Å². The van der Waals surface area contributed by atoms with Crippen LogP contribution < -0.4 is 21.7 Å². The minimum Gasteiger partial charge on any atom is -0.380 e. The van der Waals surface area contributed by atoms with Gasteiger partial charge in [0.05, 0.1) is 18.0 Å². The Morgan fingerprint density at radius 2 is 2.43 bits per heavy atom. The molecule has 1 amide bonds. The first kappa shape index (κ1) is 15.5. The average molecular weight is 295 g/mol. The molecule has 1 aromatic heterocycles. The van der Waals surface area contributed by atoms with Gasteiger partial charge < -0.3 is 9.64 Å². The Morgan fingerprint density at radius 1 is 1.62 bits per heavy atom. The number of methoxy groups -OCH3 is 1. The molecule has 0 aliphatic carbocycles. The lowest BCUT2D eigenvalue weighted by atomic mass is 10.3. The van der Waals surface area contributed by atoms with Crippen LogP contribution in [0.15, 0.2) is 17.1 Å². The van der Waals surface area contributed by atoms with Crippen LogP contribution in [0, 0.1) is 0 Å². The van der Waals surface area contributed by atoms with Gasteiger partial charge in [-0.25, -0.2) is 10.5 Å². The highest BCUT2D eigenvalue weighted by atomic mass is 16.5. The van der Waals surface area contributed by atoms with Crippen LogP contribution >= 0.6 is 0 Å². The molecular formula is C13H21N5O3. The van der Waals surface area contributed by atoms with Crippen molar-refractivity contribution in [3.8, 4) is 0 Å². The summed E-state index contributed by atoms with van der Waals surface area (Å²) in [6.07, 6.45) is 3.64. The summed E-state index contributed by atoms with van der Waals surface area (Å²) in [5.41, 5.74) is 2.71. The van der Waals surface area contributed by atoms with E-state index in [-0.39, 0.29) is 24.0 Å². The van der Waals surface area contributed by atoms with E-state index < -0.39 is 0 Å². The van der Waals surface area contributed by atoms with Gasteiger partial charge in [0.2, 0.25) is 5.91 Å². The lowest BCUT2D eigenvalue weighted by Crippen LogP contribution is -2.31. The fraction of sp³-hybridized carbons (Fsp3) is 0.615. The Labute approximate surface area is 122 Å². The van der Waals surface area contributed by atoms with Gasteiger partial charge in [-0.1, -0.05) is 0 Å². The van der Waals surface area contributed by atoms with Gasteiger partial charge in [-0.2, -0.15) is 5.10 Å². The van der Waals surface area contributed by atoms with Crippen molar-refractivity contribution >= 4 is 11.6 Å². The molecule has 1 unspecified atom stereocenters. The van der Waals surface area contributed by atoms with Crippen molar-refractivity contribution in [2.45, 2.75) is 31.9 Å². The summed E-state index contributed by atoms with van der Waals surface area (Å²) in [5, 5.41) is 4.16. The molecule has 1 atom stereocenters. The van der Waals surface area contributed by atoms with Gasteiger partial charge in [0.25, 0.3) is 5.56 Å². The highest BCUT2D eigenvalue weighted by Gasteiger charge is 2.22. The van der Waals surface area contributed by atoms with Crippen molar-refractivity contribution < 1.29 is 9.53 Å². The first-order valence-corrected chi connectivity index (χ1v) is 6.98. The van der Waals surface area contributed by atoms with E-state index in [1.165, 1.54) is 4.68 Å².